The summed E-state index contributed by atoms with van der Waals surface area (Å²) in [5.74, 6) is 2.42. The van der Waals surface area contributed by atoms with Crippen LogP contribution in [0.4, 0.5) is 9.59 Å². The molecular formula is C120H115Cl4N15O8. The Labute approximate surface area is 874 Å². The number of morpholine rings is 1. The number of pyridine rings is 2. The van der Waals surface area contributed by atoms with Crippen molar-refractivity contribution in [2.45, 2.75) is 95.9 Å². The van der Waals surface area contributed by atoms with E-state index in [0.29, 0.717) is 44.5 Å². The van der Waals surface area contributed by atoms with E-state index in [1.807, 2.05) is 177 Å². The number of imidazole rings is 1. The first-order valence-electron chi connectivity index (χ1n) is 50.4. The molecule has 746 valence electrons. The molecule has 11 aromatic carbocycles. The highest BCUT2D eigenvalue weighted by Gasteiger charge is 2.40. The van der Waals surface area contributed by atoms with Gasteiger partial charge in [0.2, 0.25) is 0 Å². The second-order valence-corrected chi connectivity index (χ2v) is 39.3. The first kappa shape index (κ1) is 98.5. The molecule has 19 aromatic rings. The molecular weight excluding hydrogens is 1920 g/mol. The van der Waals surface area contributed by atoms with Crippen molar-refractivity contribution in [1.82, 2.24) is 74.3 Å². The van der Waals surface area contributed by atoms with E-state index in [2.05, 4.69) is 213 Å². The molecule has 6 N–H and O–H groups in total. The summed E-state index contributed by atoms with van der Waals surface area (Å²) in [5, 5.41) is 12.7. The number of hydrogen-bond acceptors (Lipinski definition) is 15. The third-order valence-corrected chi connectivity index (χ3v) is 29.5. The van der Waals surface area contributed by atoms with Gasteiger partial charge in [-0.15, -0.1) is 0 Å². The number of aromatic nitrogens is 9. The van der Waals surface area contributed by atoms with Gasteiger partial charge in [-0.05, 0) is 258 Å². The quantitative estimate of drug-likeness (QED) is 0.0416. The van der Waals surface area contributed by atoms with Crippen molar-refractivity contribution in [3.05, 3.63) is 443 Å². The smallest absolute Gasteiger partial charge is 0.410 e. The number of H-pyrrole nitrogens is 5. The molecule has 25 rings (SSSR count). The Morgan fingerprint density at radius 1 is 0.401 bits per heavy atom. The Morgan fingerprint density at radius 2 is 0.857 bits per heavy atom. The van der Waals surface area contributed by atoms with Gasteiger partial charge in [0.15, 0.2) is 0 Å². The van der Waals surface area contributed by atoms with Crippen molar-refractivity contribution in [2.24, 2.45) is 0 Å². The standard InChI is InChI=1S/C28H28N2O4.C26H30ClN3O4.2C23H20ClN3.C20H17ClN4/c1-3-33-28(31)30-16-15-23-24-17-22(34-18-19-7-5-4-6-8-19)13-14-25(24)29-26(23)27(30)20-9-11-21(32-2)12-10-20;1-2-33-26(31)30-10-9-21-22-17-19(27)5-8-23(22)28-24(21)25(30)18-3-6-20(7-4-18)34-16-13-29-11-14-32-15-12-29;24-17-9-10-20-19(14-17)18-11-13-27(15-16-6-2-1-3-7-16)23(22(18)26-20)21-8-4-5-12-25-21;24-18-8-9-21-20(13-18)19-10-12-27(15-16-5-2-1-3-6-16)23(22(19)26-21)17-7-4-11-25-14-17;21-14-3-6-18-17(11-14)16-7-8-23-19(20(16)24-18)13-1-4-15(5-2-13)25-10-9-22-12-25/h4-14,17,27,29H,3,15-16,18H2,1-2H3;3-8,17,25,28H,2,9-16H2,1H3;1-10,12,14,23,26H,11,13,15H2;1-9,11,13-14,23,26H,10,12,15H2;1-6,9-12,19,23-24H,7-8H2. The SMILES string of the molecule is CCOC(=O)N1CCc2c([nH]c3ccc(Cl)cc23)C1c1ccc(OCCN2CCOCC2)cc1.CCOC(=O)N1CCc2c([nH]c3ccc(OCc4ccccc4)cc23)C1c1ccc(OC)cc1.Clc1ccc2[nH]c3c(c2c1)CCN(Cc1ccccc1)C3c1ccccn1.Clc1ccc2[nH]c3c(c2c1)CCN(Cc1ccccc1)C3c1cccnc1.Clc1ccc2[nH]c3c(c2c1)CCNC3c1ccc(-n2ccnc2)cc1. The maximum Gasteiger partial charge on any atom is 0.410 e. The molecule has 1 saturated heterocycles. The van der Waals surface area contributed by atoms with Gasteiger partial charge in [-0.1, -0.05) is 186 Å². The number of nitrogens with one attached hydrogen (secondary N) is 6. The number of amides is 2. The first-order chi connectivity index (χ1) is 72.2. The van der Waals surface area contributed by atoms with Crippen molar-refractivity contribution >= 4 is 113 Å². The van der Waals surface area contributed by atoms with Crippen LogP contribution in [-0.4, -0.2) is 174 Å². The summed E-state index contributed by atoms with van der Waals surface area (Å²) in [7, 11) is 1.65. The van der Waals surface area contributed by atoms with Gasteiger partial charge in [0.1, 0.15) is 42.5 Å². The zero-order valence-corrected chi connectivity index (χ0v) is 85.2. The number of hydrogen-bond donors (Lipinski definition) is 6. The van der Waals surface area contributed by atoms with E-state index in [9.17, 15) is 9.59 Å². The van der Waals surface area contributed by atoms with E-state index in [-0.39, 0.29) is 42.4 Å². The Balaban J connectivity index is 0.000000108. The molecule has 8 aromatic heterocycles. The third-order valence-electron chi connectivity index (χ3n) is 28.6. The number of carbonyl (C=O) groups is 2. The van der Waals surface area contributed by atoms with Gasteiger partial charge in [-0.25, -0.2) is 14.6 Å². The number of nitrogens with zero attached hydrogens (tertiary/aromatic N) is 9. The van der Waals surface area contributed by atoms with E-state index >= 15 is 0 Å². The largest absolute Gasteiger partial charge is 0.497 e. The van der Waals surface area contributed by atoms with Gasteiger partial charge in [0.05, 0.1) is 63.7 Å². The van der Waals surface area contributed by atoms with Crippen LogP contribution < -0.4 is 19.5 Å². The maximum absolute atomic E-state index is 12.9. The summed E-state index contributed by atoms with van der Waals surface area (Å²) >= 11 is 25.0. The lowest BCUT2D eigenvalue weighted by Crippen LogP contribution is -2.41. The molecule has 0 spiro atoms. The zero-order valence-electron chi connectivity index (χ0n) is 82.1. The van der Waals surface area contributed by atoms with Crippen LogP contribution in [0, 0.1) is 0 Å². The normalized spacial score (nSPS) is 17.0. The number of carbonyl (C=O) groups excluding carboxylic acids is 2. The fourth-order valence-electron chi connectivity index (χ4n) is 21.6. The lowest BCUT2D eigenvalue weighted by molar-refractivity contribution is 0.0322. The molecule has 0 saturated carbocycles. The molecule has 2 amide bonds. The molecule has 6 aliphatic heterocycles. The number of ether oxygens (including phenoxy) is 6. The fourth-order valence-corrected chi connectivity index (χ4v) is 22.3. The second-order valence-electron chi connectivity index (χ2n) is 37.5. The summed E-state index contributed by atoms with van der Waals surface area (Å²) in [6.07, 6.45) is 15.2. The minimum atomic E-state index is -0.306. The summed E-state index contributed by atoms with van der Waals surface area (Å²) < 4.78 is 35.6. The van der Waals surface area contributed by atoms with Crippen molar-refractivity contribution in [2.75, 3.05) is 92.5 Å². The first-order valence-corrected chi connectivity index (χ1v) is 51.9. The van der Waals surface area contributed by atoms with Crippen molar-refractivity contribution in [3.8, 4) is 22.9 Å². The van der Waals surface area contributed by atoms with Gasteiger partial charge in [-0.3, -0.25) is 34.5 Å². The highest BCUT2D eigenvalue weighted by Crippen LogP contribution is 2.47. The summed E-state index contributed by atoms with van der Waals surface area (Å²) in [6.45, 7) is 15.8. The van der Waals surface area contributed by atoms with Crippen LogP contribution >= 0.6 is 46.4 Å². The lowest BCUT2D eigenvalue weighted by Gasteiger charge is -2.36. The predicted octanol–water partition coefficient (Wildman–Crippen LogP) is 25.5. The fraction of sp³-hybridized carbons (Fsp3) is 0.242. The lowest BCUT2D eigenvalue weighted by atomic mass is 9.92. The third kappa shape index (κ3) is 22.0. The van der Waals surface area contributed by atoms with E-state index in [4.69, 9.17) is 79.8 Å². The minimum absolute atomic E-state index is 0.112. The molecule has 0 aliphatic carbocycles. The van der Waals surface area contributed by atoms with Gasteiger partial charge in [0.25, 0.3) is 0 Å². The minimum Gasteiger partial charge on any atom is -0.497 e. The Morgan fingerprint density at radius 3 is 1.35 bits per heavy atom. The summed E-state index contributed by atoms with van der Waals surface area (Å²) in [4.78, 5) is 68.0. The molecule has 5 atom stereocenters. The molecule has 0 bridgehead atoms. The van der Waals surface area contributed by atoms with Crippen LogP contribution in [0.15, 0.2) is 322 Å². The van der Waals surface area contributed by atoms with E-state index in [0.717, 1.165) is 208 Å². The molecule has 23 nitrogen and oxygen atoms in total. The topological polar surface area (TPSA) is 240 Å². The van der Waals surface area contributed by atoms with Crippen LogP contribution in [-0.2, 0) is 66.0 Å². The number of methoxy groups -OCH3 is 1. The number of benzene rings is 11. The Kier molecular flexibility index (Phi) is 30.6. The van der Waals surface area contributed by atoms with Crippen molar-refractivity contribution in [1.29, 1.82) is 0 Å². The van der Waals surface area contributed by atoms with Crippen molar-refractivity contribution < 1.29 is 38.0 Å². The van der Waals surface area contributed by atoms with Gasteiger partial charge in [-0.2, -0.15) is 0 Å². The van der Waals surface area contributed by atoms with Crippen LogP contribution in [0.1, 0.15) is 145 Å². The van der Waals surface area contributed by atoms with Gasteiger partial charge >= 0.3 is 12.2 Å². The van der Waals surface area contributed by atoms with E-state index in [1.165, 1.54) is 83.3 Å². The zero-order chi connectivity index (χ0) is 100. The van der Waals surface area contributed by atoms with E-state index in [1.54, 1.807) is 23.1 Å². The monoisotopic (exact) mass is 2030 g/mol. The van der Waals surface area contributed by atoms with Crippen LogP contribution in [0.5, 0.6) is 17.2 Å². The maximum atomic E-state index is 12.9. The average molecular weight is 2040 g/mol. The second kappa shape index (κ2) is 45.7. The molecule has 0 radical (unpaired) electrons. The summed E-state index contributed by atoms with van der Waals surface area (Å²) in [5.41, 5.74) is 28.3. The Hall–Kier alpha value is -14.5. The van der Waals surface area contributed by atoms with E-state index < -0.39 is 0 Å². The molecule has 1 fully saturated rings. The highest BCUT2D eigenvalue weighted by molar-refractivity contribution is 6.32. The van der Waals surface area contributed by atoms with Gasteiger partial charge < -0.3 is 63.2 Å². The average Bonchev–Trinajstić information content (AvgIpc) is 1.62. The summed E-state index contributed by atoms with van der Waals surface area (Å²) in [6, 6.07) is 96.5. The number of aromatic amines is 5. The molecule has 14 heterocycles. The van der Waals surface area contributed by atoms with Crippen LogP contribution in [0.3, 0.4) is 0 Å². The highest BCUT2D eigenvalue weighted by atomic mass is 35.5. The van der Waals surface area contributed by atoms with Crippen LogP contribution in [0.25, 0.3) is 60.2 Å². The van der Waals surface area contributed by atoms with Crippen molar-refractivity contribution in [3.63, 3.8) is 0 Å². The van der Waals surface area contributed by atoms with Crippen LogP contribution in [0.2, 0.25) is 20.1 Å². The van der Waals surface area contributed by atoms with Gasteiger partial charge in [0, 0.05) is 205 Å². The number of rotatable bonds is 20. The number of fused-ring (bicyclic) bond motifs is 15. The predicted molar refractivity (Wildman–Crippen MR) is 583 cm³/mol. The molecule has 27 heteroatoms. The molecule has 6 aliphatic rings. The number of halogens is 4. The molecule has 5 unspecified atom stereocenters. The Bertz CT molecular complexity index is 7550. The molecule has 147 heavy (non-hydrogen) atoms.